The zero-order valence-corrected chi connectivity index (χ0v) is 11.4. The van der Waals surface area contributed by atoms with Gasteiger partial charge in [0.05, 0.1) is 17.3 Å². The van der Waals surface area contributed by atoms with Gasteiger partial charge in [-0.2, -0.15) is 0 Å². The second-order valence-electron chi connectivity index (χ2n) is 4.02. The molecule has 17 heavy (non-hydrogen) atoms. The Bertz CT molecular complexity index is 331. The Morgan fingerprint density at radius 3 is 2.82 bits per heavy atom. The molecular formula is C13H21ClN2O. The van der Waals surface area contributed by atoms with Crippen LogP contribution in [0.25, 0.3) is 0 Å². The fourth-order valence-electron chi connectivity index (χ4n) is 1.54. The van der Waals surface area contributed by atoms with Crippen LogP contribution < -0.4 is 10.1 Å². The van der Waals surface area contributed by atoms with Crippen LogP contribution in [0.15, 0.2) is 12.1 Å². The quantitative estimate of drug-likeness (QED) is 0.724. The van der Waals surface area contributed by atoms with Gasteiger partial charge in [0.15, 0.2) is 0 Å². The van der Waals surface area contributed by atoms with E-state index in [2.05, 4.69) is 17.2 Å². The topological polar surface area (TPSA) is 34.1 Å². The van der Waals surface area contributed by atoms with Gasteiger partial charge in [0, 0.05) is 12.6 Å². The van der Waals surface area contributed by atoms with Crippen LogP contribution in [0.1, 0.15) is 38.3 Å². The number of hydrogen-bond acceptors (Lipinski definition) is 3. The number of ether oxygens (including phenoxy) is 1. The number of aromatic nitrogens is 1. The lowest BCUT2D eigenvalue weighted by Gasteiger charge is -2.08. The molecule has 0 saturated carbocycles. The van der Waals surface area contributed by atoms with E-state index in [4.69, 9.17) is 16.3 Å². The lowest BCUT2D eigenvalue weighted by Crippen LogP contribution is -2.08. The Hall–Kier alpha value is -0.800. The Morgan fingerprint density at radius 1 is 1.29 bits per heavy atom. The third-order valence-corrected chi connectivity index (χ3v) is 2.83. The van der Waals surface area contributed by atoms with Gasteiger partial charge in [-0.15, -0.1) is 0 Å². The van der Waals surface area contributed by atoms with E-state index >= 15 is 0 Å². The first-order valence-electron chi connectivity index (χ1n) is 6.20. The molecule has 0 saturated heterocycles. The molecule has 0 aliphatic rings. The van der Waals surface area contributed by atoms with E-state index in [9.17, 15) is 0 Å². The molecule has 0 fully saturated rings. The van der Waals surface area contributed by atoms with Crippen molar-refractivity contribution in [2.75, 3.05) is 13.7 Å². The second kappa shape index (κ2) is 8.31. The molecule has 96 valence electrons. The lowest BCUT2D eigenvalue weighted by atomic mass is 10.2. The molecule has 4 heteroatoms. The summed E-state index contributed by atoms with van der Waals surface area (Å²) < 4.78 is 5.60. The van der Waals surface area contributed by atoms with E-state index in [1.165, 1.54) is 19.3 Å². The first-order valence-corrected chi connectivity index (χ1v) is 6.58. The molecule has 1 aromatic heterocycles. The molecule has 0 aromatic carbocycles. The fourth-order valence-corrected chi connectivity index (χ4v) is 1.71. The van der Waals surface area contributed by atoms with E-state index in [1.54, 1.807) is 0 Å². The van der Waals surface area contributed by atoms with Gasteiger partial charge >= 0.3 is 0 Å². The molecular weight excluding hydrogens is 236 g/mol. The average Bonchev–Trinajstić information content (AvgIpc) is 2.33. The Kier molecular flexibility index (Phi) is 6.97. The summed E-state index contributed by atoms with van der Waals surface area (Å²) in [5.41, 5.74) is 0.834. The van der Waals surface area contributed by atoms with Crippen LogP contribution in [0, 0.1) is 0 Å². The molecule has 3 nitrogen and oxygen atoms in total. The monoisotopic (exact) mass is 256 g/mol. The maximum atomic E-state index is 6.02. The average molecular weight is 257 g/mol. The first kappa shape index (κ1) is 14.3. The van der Waals surface area contributed by atoms with Crippen molar-refractivity contribution in [1.29, 1.82) is 0 Å². The summed E-state index contributed by atoms with van der Waals surface area (Å²) in [5.74, 6) is 0.663. The number of unbranched alkanes of at least 4 members (excludes halogenated alkanes) is 3. The van der Waals surface area contributed by atoms with Crippen molar-refractivity contribution in [1.82, 2.24) is 10.3 Å². The third-order valence-electron chi connectivity index (χ3n) is 2.49. The standard InChI is InChI=1S/C13H21ClN2O/c1-3-4-5-6-9-17-13-8-7-11(14)12(16-13)10-15-2/h7-8,15H,3-6,9-10H2,1-2H3. The summed E-state index contributed by atoms with van der Waals surface area (Å²) in [6.45, 7) is 3.59. The van der Waals surface area contributed by atoms with Crippen molar-refractivity contribution < 1.29 is 4.74 Å². The van der Waals surface area contributed by atoms with E-state index in [0.29, 0.717) is 17.4 Å². The van der Waals surface area contributed by atoms with Gasteiger partial charge < -0.3 is 10.1 Å². The molecule has 1 rings (SSSR count). The molecule has 0 amide bonds. The van der Waals surface area contributed by atoms with Crippen molar-refractivity contribution in [3.63, 3.8) is 0 Å². The van der Waals surface area contributed by atoms with Crippen LogP contribution in [0.2, 0.25) is 5.02 Å². The van der Waals surface area contributed by atoms with E-state index in [-0.39, 0.29) is 0 Å². The number of nitrogens with zero attached hydrogens (tertiary/aromatic N) is 1. The highest BCUT2D eigenvalue weighted by molar-refractivity contribution is 6.31. The van der Waals surface area contributed by atoms with Crippen molar-refractivity contribution in [2.24, 2.45) is 0 Å². The predicted molar refractivity (Wildman–Crippen MR) is 71.6 cm³/mol. The molecule has 0 spiro atoms. The van der Waals surface area contributed by atoms with Crippen LogP contribution in [-0.4, -0.2) is 18.6 Å². The van der Waals surface area contributed by atoms with Gasteiger partial charge in [0.1, 0.15) is 0 Å². The van der Waals surface area contributed by atoms with Crippen LogP contribution in [0.3, 0.4) is 0 Å². The van der Waals surface area contributed by atoms with Crippen molar-refractivity contribution >= 4 is 11.6 Å². The van der Waals surface area contributed by atoms with Crippen molar-refractivity contribution in [3.8, 4) is 5.88 Å². The summed E-state index contributed by atoms with van der Waals surface area (Å²) in [6.07, 6.45) is 4.81. The number of rotatable bonds is 8. The number of hydrogen-bond donors (Lipinski definition) is 1. The van der Waals surface area contributed by atoms with Crippen LogP contribution in [0.5, 0.6) is 5.88 Å². The van der Waals surface area contributed by atoms with Crippen molar-refractivity contribution in [3.05, 3.63) is 22.8 Å². The first-order chi connectivity index (χ1) is 8.27. The van der Waals surface area contributed by atoms with Gasteiger partial charge in [-0.1, -0.05) is 37.8 Å². The summed E-state index contributed by atoms with van der Waals surface area (Å²) in [7, 11) is 1.87. The van der Waals surface area contributed by atoms with Crippen LogP contribution in [0.4, 0.5) is 0 Å². The summed E-state index contributed by atoms with van der Waals surface area (Å²) >= 11 is 6.02. The largest absolute Gasteiger partial charge is 0.478 e. The Balaban J connectivity index is 2.40. The van der Waals surface area contributed by atoms with Gasteiger partial charge in [0.25, 0.3) is 0 Å². The van der Waals surface area contributed by atoms with Gasteiger partial charge in [-0.05, 0) is 19.5 Å². The molecule has 1 aromatic rings. The molecule has 0 aliphatic carbocycles. The lowest BCUT2D eigenvalue weighted by molar-refractivity contribution is 0.293. The highest BCUT2D eigenvalue weighted by Gasteiger charge is 2.03. The fraction of sp³-hybridized carbons (Fsp3) is 0.615. The molecule has 1 heterocycles. The summed E-state index contributed by atoms with van der Waals surface area (Å²) in [4.78, 5) is 4.36. The Labute approximate surface area is 109 Å². The molecule has 0 aliphatic heterocycles. The SMILES string of the molecule is CCCCCCOc1ccc(Cl)c(CNC)n1. The zero-order chi connectivity index (χ0) is 12.5. The summed E-state index contributed by atoms with van der Waals surface area (Å²) in [5, 5.41) is 3.71. The Morgan fingerprint density at radius 2 is 2.12 bits per heavy atom. The molecule has 1 N–H and O–H groups in total. The predicted octanol–water partition coefficient (Wildman–Crippen LogP) is 3.41. The maximum absolute atomic E-state index is 6.02. The van der Waals surface area contributed by atoms with Crippen LogP contribution >= 0.6 is 11.6 Å². The number of pyridine rings is 1. The van der Waals surface area contributed by atoms with E-state index in [1.807, 2.05) is 19.2 Å². The third kappa shape index (κ3) is 5.37. The molecule has 0 radical (unpaired) electrons. The molecule has 0 bridgehead atoms. The highest BCUT2D eigenvalue weighted by Crippen LogP contribution is 2.18. The molecule has 0 atom stereocenters. The summed E-state index contributed by atoms with van der Waals surface area (Å²) in [6, 6.07) is 3.66. The van der Waals surface area contributed by atoms with E-state index in [0.717, 1.165) is 18.7 Å². The van der Waals surface area contributed by atoms with Crippen molar-refractivity contribution in [2.45, 2.75) is 39.2 Å². The minimum atomic E-state index is 0.659. The van der Waals surface area contributed by atoms with Gasteiger partial charge in [0.2, 0.25) is 5.88 Å². The zero-order valence-electron chi connectivity index (χ0n) is 10.6. The minimum absolute atomic E-state index is 0.659. The maximum Gasteiger partial charge on any atom is 0.213 e. The van der Waals surface area contributed by atoms with E-state index < -0.39 is 0 Å². The number of nitrogens with one attached hydrogen (secondary N) is 1. The second-order valence-corrected chi connectivity index (χ2v) is 4.42. The smallest absolute Gasteiger partial charge is 0.213 e. The highest BCUT2D eigenvalue weighted by atomic mass is 35.5. The molecule has 0 unspecified atom stereocenters. The number of halogens is 1. The van der Waals surface area contributed by atoms with Gasteiger partial charge in [-0.25, -0.2) is 4.98 Å². The van der Waals surface area contributed by atoms with Gasteiger partial charge in [-0.3, -0.25) is 0 Å². The minimum Gasteiger partial charge on any atom is -0.478 e. The van der Waals surface area contributed by atoms with Crippen LogP contribution in [-0.2, 0) is 6.54 Å². The normalized spacial score (nSPS) is 10.5.